The Hall–Kier alpha value is -0.860. The van der Waals surface area contributed by atoms with E-state index in [-0.39, 0.29) is 6.10 Å². The minimum absolute atomic E-state index is 0.0705. The zero-order valence-corrected chi connectivity index (χ0v) is 11.3. The van der Waals surface area contributed by atoms with Crippen molar-refractivity contribution in [2.75, 3.05) is 6.54 Å². The smallest absolute Gasteiger partial charge is 0.0580 e. The molecule has 0 radical (unpaired) electrons. The SMILES string of the molecule is CC(CCc1ccccc1)NCC1CCCC1O. The third kappa shape index (κ3) is 4.11. The first-order valence-corrected chi connectivity index (χ1v) is 7.21. The molecule has 3 atom stereocenters. The number of aliphatic hydroxyl groups is 1. The molecule has 0 saturated heterocycles. The molecular weight excluding hydrogens is 222 g/mol. The normalized spacial score (nSPS) is 25.2. The van der Waals surface area contributed by atoms with Gasteiger partial charge in [-0.15, -0.1) is 0 Å². The minimum atomic E-state index is -0.0705. The summed E-state index contributed by atoms with van der Waals surface area (Å²) in [6, 6.07) is 11.2. The van der Waals surface area contributed by atoms with Gasteiger partial charge in [0.25, 0.3) is 0 Å². The van der Waals surface area contributed by atoms with Crippen LogP contribution in [0, 0.1) is 5.92 Å². The Kier molecular flexibility index (Phi) is 5.21. The van der Waals surface area contributed by atoms with Crippen LogP contribution in [-0.2, 0) is 6.42 Å². The summed E-state index contributed by atoms with van der Waals surface area (Å²) in [6.45, 7) is 3.21. The van der Waals surface area contributed by atoms with Crippen molar-refractivity contribution in [1.82, 2.24) is 5.32 Å². The first-order chi connectivity index (χ1) is 8.75. The maximum Gasteiger partial charge on any atom is 0.0580 e. The van der Waals surface area contributed by atoms with Crippen LogP contribution < -0.4 is 5.32 Å². The van der Waals surface area contributed by atoms with Gasteiger partial charge in [0.1, 0.15) is 0 Å². The highest BCUT2D eigenvalue weighted by Crippen LogP contribution is 2.24. The summed E-state index contributed by atoms with van der Waals surface area (Å²) in [7, 11) is 0. The Balaban J connectivity index is 1.64. The van der Waals surface area contributed by atoms with Crippen LogP contribution in [0.2, 0.25) is 0 Å². The Labute approximate surface area is 110 Å². The fourth-order valence-corrected chi connectivity index (χ4v) is 2.74. The highest BCUT2D eigenvalue weighted by molar-refractivity contribution is 5.14. The lowest BCUT2D eigenvalue weighted by Crippen LogP contribution is -2.34. The van der Waals surface area contributed by atoms with Gasteiger partial charge in [0.05, 0.1) is 6.10 Å². The molecule has 1 aromatic carbocycles. The van der Waals surface area contributed by atoms with E-state index in [1.54, 1.807) is 0 Å². The van der Waals surface area contributed by atoms with Gasteiger partial charge in [-0.25, -0.2) is 0 Å². The standard InChI is InChI=1S/C16H25NO/c1-13(10-11-14-6-3-2-4-7-14)17-12-15-8-5-9-16(15)18/h2-4,6-7,13,15-18H,5,8-12H2,1H3. The van der Waals surface area contributed by atoms with E-state index < -0.39 is 0 Å². The van der Waals surface area contributed by atoms with Crippen molar-refractivity contribution in [1.29, 1.82) is 0 Å². The van der Waals surface area contributed by atoms with E-state index in [0.29, 0.717) is 12.0 Å². The van der Waals surface area contributed by atoms with Crippen LogP contribution in [0.4, 0.5) is 0 Å². The fourth-order valence-electron chi connectivity index (χ4n) is 2.74. The topological polar surface area (TPSA) is 32.3 Å². The lowest BCUT2D eigenvalue weighted by molar-refractivity contribution is 0.130. The molecule has 0 spiro atoms. The summed E-state index contributed by atoms with van der Waals surface area (Å²) in [4.78, 5) is 0. The van der Waals surface area contributed by atoms with Crippen LogP contribution in [0.25, 0.3) is 0 Å². The molecule has 1 fully saturated rings. The van der Waals surface area contributed by atoms with Gasteiger partial charge in [-0.05, 0) is 44.1 Å². The summed E-state index contributed by atoms with van der Waals surface area (Å²) >= 11 is 0. The molecule has 2 nitrogen and oxygen atoms in total. The van der Waals surface area contributed by atoms with Crippen molar-refractivity contribution in [2.24, 2.45) is 5.92 Å². The number of aliphatic hydroxyl groups excluding tert-OH is 1. The van der Waals surface area contributed by atoms with Gasteiger partial charge in [-0.2, -0.15) is 0 Å². The first kappa shape index (κ1) is 13.6. The second-order valence-corrected chi connectivity index (χ2v) is 5.59. The number of aryl methyl sites for hydroxylation is 1. The number of hydrogen-bond acceptors (Lipinski definition) is 2. The molecule has 2 heteroatoms. The summed E-state index contributed by atoms with van der Waals surface area (Å²) in [5, 5.41) is 13.3. The zero-order chi connectivity index (χ0) is 12.8. The van der Waals surface area contributed by atoms with E-state index in [1.165, 1.54) is 18.4 Å². The molecule has 1 aliphatic rings. The van der Waals surface area contributed by atoms with Crippen molar-refractivity contribution in [3.05, 3.63) is 35.9 Å². The first-order valence-electron chi connectivity index (χ1n) is 7.21. The third-order valence-corrected chi connectivity index (χ3v) is 4.06. The van der Waals surface area contributed by atoms with E-state index in [9.17, 15) is 5.11 Å². The molecule has 1 aliphatic carbocycles. The van der Waals surface area contributed by atoms with Gasteiger partial charge in [0.15, 0.2) is 0 Å². The Bertz CT molecular complexity index is 338. The number of hydrogen-bond donors (Lipinski definition) is 2. The van der Waals surface area contributed by atoms with E-state index in [1.807, 2.05) is 0 Å². The van der Waals surface area contributed by atoms with Crippen LogP contribution in [0.3, 0.4) is 0 Å². The maximum atomic E-state index is 9.77. The predicted octanol–water partition coefficient (Wildman–Crippen LogP) is 2.76. The molecule has 0 aromatic heterocycles. The highest BCUT2D eigenvalue weighted by Gasteiger charge is 2.24. The molecule has 0 amide bonds. The van der Waals surface area contributed by atoms with E-state index >= 15 is 0 Å². The van der Waals surface area contributed by atoms with Gasteiger partial charge < -0.3 is 10.4 Å². The van der Waals surface area contributed by atoms with Crippen molar-refractivity contribution < 1.29 is 5.11 Å². The molecule has 0 bridgehead atoms. The molecule has 1 saturated carbocycles. The average molecular weight is 247 g/mol. The Morgan fingerprint density at radius 2 is 2.06 bits per heavy atom. The van der Waals surface area contributed by atoms with Crippen LogP contribution in [-0.4, -0.2) is 23.8 Å². The van der Waals surface area contributed by atoms with Crippen LogP contribution in [0.15, 0.2) is 30.3 Å². The van der Waals surface area contributed by atoms with E-state index in [0.717, 1.165) is 25.8 Å². The van der Waals surface area contributed by atoms with Gasteiger partial charge >= 0.3 is 0 Å². The largest absolute Gasteiger partial charge is 0.393 e. The molecule has 2 N–H and O–H groups in total. The fraction of sp³-hybridized carbons (Fsp3) is 0.625. The van der Waals surface area contributed by atoms with Gasteiger partial charge in [0, 0.05) is 12.6 Å². The average Bonchev–Trinajstić information content (AvgIpc) is 2.81. The molecule has 2 rings (SSSR count). The molecule has 0 aliphatic heterocycles. The van der Waals surface area contributed by atoms with E-state index in [4.69, 9.17) is 0 Å². The number of nitrogens with one attached hydrogen (secondary N) is 1. The highest BCUT2D eigenvalue weighted by atomic mass is 16.3. The molecule has 1 aromatic rings. The van der Waals surface area contributed by atoms with Crippen molar-refractivity contribution in [3.8, 4) is 0 Å². The van der Waals surface area contributed by atoms with Crippen molar-refractivity contribution >= 4 is 0 Å². The van der Waals surface area contributed by atoms with E-state index in [2.05, 4.69) is 42.6 Å². The molecule has 100 valence electrons. The number of rotatable bonds is 6. The molecule has 0 heterocycles. The lowest BCUT2D eigenvalue weighted by atomic mass is 10.0. The third-order valence-electron chi connectivity index (χ3n) is 4.06. The maximum absolute atomic E-state index is 9.77. The minimum Gasteiger partial charge on any atom is -0.393 e. The Morgan fingerprint density at radius 1 is 1.28 bits per heavy atom. The molecule has 3 unspecified atom stereocenters. The lowest BCUT2D eigenvalue weighted by Gasteiger charge is -2.19. The second-order valence-electron chi connectivity index (χ2n) is 5.59. The monoisotopic (exact) mass is 247 g/mol. The second kappa shape index (κ2) is 6.91. The van der Waals surface area contributed by atoms with Crippen molar-refractivity contribution in [2.45, 2.75) is 51.2 Å². The van der Waals surface area contributed by atoms with Gasteiger partial charge in [-0.1, -0.05) is 36.8 Å². The molecule has 18 heavy (non-hydrogen) atoms. The summed E-state index contributed by atoms with van der Waals surface area (Å²) < 4.78 is 0. The molecular formula is C16H25NO. The summed E-state index contributed by atoms with van der Waals surface area (Å²) in [5.74, 6) is 0.476. The predicted molar refractivity (Wildman–Crippen MR) is 75.6 cm³/mol. The van der Waals surface area contributed by atoms with Crippen LogP contribution >= 0.6 is 0 Å². The summed E-state index contributed by atoms with van der Waals surface area (Å²) in [5.41, 5.74) is 1.41. The van der Waals surface area contributed by atoms with Gasteiger partial charge in [-0.3, -0.25) is 0 Å². The Morgan fingerprint density at radius 3 is 2.72 bits per heavy atom. The van der Waals surface area contributed by atoms with Crippen molar-refractivity contribution in [3.63, 3.8) is 0 Å². The van der Waals surface area contributed by atoms with Crippen LogP contribution in [0.1, 0.15) is 38.2 Å². The quantitative estimate of drug-likeness (QED) is 0.810. The van der Waals surface area contributed by atoms with Gasteiger partial charge in [0.2, 0.25) is 0 Å². The zero-order valence-electron chi connectivity index (χ0n) is 11.3. The number of benzene rings is 1. The van der Waals surface area contributed by atoms with Crippen LogP contribution in [0.5, 0.6) is 0 Å². The summed E-state index contributed by atoms with van der Waals surface area (Å²) in [6.07, 6.45) is 5.57.